The molecule has 5 aromatic rings. The Morgan fingerprint density at radius 2 is 1.79 bits per heavy atom. The van der Waals surface area contributed by atoms with Crippen LogP contribution in [0.1, 0.15) is 24.1 Å². The number of aromatic amines is 1. The van der Waals surface area contributed by atoms with Crippen molar-refractivity contribution in [2.45, 2.75) is 19.8 Å². The van der Waals surface area contributed by atoms with Crippen LogP contribution in [0.15, 0.2) is 79.8 Å². The van der Waals surface area contributed by atoms with E-state index < -0.39 is 0 Å². The third-order valence-corrected chi connectivity index (χ3v) is 6.78. The van der Waals surface area contributed by atoms with Gasteiger partial charge in [-0.3, -0.25) is 14.9 Å². The number of halogens is 1. The zero-order chi connectivity index (χ0) is 26.2. The molecule has 1 amide bonds. The van der Waals surface area contributed by atoms with Crippen molar-refractivity contribution in [3.63, 3.8) is 0 Å². The normalized spacial score (nSPS) is 12.9. The summed E-state index contributed by atoms with van der Waals surface area (Å²) in [6.07, 6.45) is 6.98. The molecule has 3 N–H and O–H groups in total. The second-order valence-electron chi connectivity index (χ2n) is 9.48. The van der Waals surface area contributed by atoms with Gasteiger partial charge in [-0.15, -0.1) is 0 Å². The number of aromatic nitrogens is 4. The molecule has 3 aromatic heterocycles. The van der Waals surface area contributed by atoms with Gasteiger partial charge in [-0.2, -0.15) is 5.10 Å². The summed E-state index contributed by atoms with van der Waals surface area (Å²) in [6, 6.07) is 16.3. The summed E-state index contributed by atoms with van der Waals surface area (Å²) < 4.78 is 14.5. The lowest BCUT2D eigenvalue weighted by Crippen LogP contribution is -2.13. The first-order chi connectivity index (χ1) is 18.5. The number of pyridine rings is 2. The van der Waals surface area contributed by atoms with Crippen molar-refractivity contribution in [1.82, 2.24) is 20.2 Å². The first-order valence-corrected chi connectivity index (χ1v) is 12.4. The highest BCUT2D eigenvalue weighted by atomic mass is 19.1. The summed E-state index contributed by atoms with van der Waals surface area (Å²) in [5, 5.41) is 14.5. The van der Waals surface area contributed by atoms with Crippen molar-refractivity contribution < 1.29 is 9.18 Å². The number of hydrogen-bond acceptors (Lipinski definition) is 5. The molecule has 0 atom stereocenters. The summed E-state index contributed by atoms with van der Waals surface area (Å²) >= 11 is 0. The molecule has 1 aliphatic rings. The Labute approximate surface area is 218 Å². The SMILES string of the molecule is C=C(Nc1cccc(-c2ccccc2F)c1C)c1[nH]nc2ncc(-c3cncc(NC(=O)C4CC4)c3)cc12. The maximum absolute atomic E-state index is 14.5. The Balaban J connectivity index is 1.29. The van der Waals surface area contributed by atoms with Crippen LogP contribution < -0.4 is 10.6 Å². The number of hydrogen-bond donors (Lipinski definition) is 3. The van der Waals surface area contributed by atoms with Crippen molar-refractivity contribution in [3.05, 3.63) is 96.8 Å². The van der Waals surface area contributed by atoms with Crippen LogP contribution in [0.2, 0.25) is 0 Å². The summed E-state index contributed by atoms with van der Waals surface area (Å²) in [5.74, 6) is -0.124. The maximum Gasteiger partial charge on any atom is 0.227 e. The molecule has 0 unspecified atom stereocenters. The number of carbonyl (C=O) groups is 1. The third-order valence-electron chi connectivity index (χ3n) is 6.78. The van der Waals surface area contributed by atoms with Crippen molar-refractivity contribution in [2.24, 2.45) is 5.92 Å². The molecule has 0 radical (unpaired) electrons. The van der Waals surface area contributed by atoms with E-state index in [1.807, 2.05) is 43.3 Å². The average molecular weight is 505 g/mol. The van der Waals surface area contributed by atoms with Crippen LogP contribution in [0.4, 0.5) is 15.8 Å². The zero-order valence-corrected chi connectivity index (χ0v) is 20.8. The van der Waals surface area contributed by atoms with Crippen molar-refractivity contribution in [1.29, 1.82) is 0 Å². The number of amides is 1. The number of anilines is 2. The first kappa shape index (κ1) is 23.5. The Hall–Kier alpha value is -4.85. The van der Waals surface area contributed by atoms with E-state index in [1.54, 1.807) is 30.7 Å². The second kappa shape index (κ2) is 9.55. The smallest absolute Gasteiger partial charge is 0.227 e. The molecule has 8 heteroatoms. The minimum Gasteiger partial charge on any atom is -0.354 e. The van der Waals surface area contributed by atoms with E-state index in [0.29, 0.717) is 28.3 Å². The number of nitrogens with one attached hydrogen (secondary N) is 3. The van der Waals surface area contributed by atoms with Gasteiger partial charge in [-0.25, -0.2) is 9.37 Å². The number of fused-ring (bicyclic) bond motifs is 1. The highest BCUT2D eigenvalue weighted by molar-refractivity contribution is 5.96. The molecule has 0 saturated heterocycles. The van der Waals surface area contributed by atoms with E-state index in [4.69, 9.17) is 0 Å². The minimum absolute atomic E-state index is 0.0337. The minimum atomic E-state index is -0.268. The van der Waals surface area contributed by atoms with Crippen LogP contribution in [0.3, 0.4) is 0 Å². The van der Waals surface area contributed by atoms with Gasteiger partial charge in [0.05, 0.1) is 23.3 Å². The third kappa shape index (κ3) is 4.52. The molecular formula is C30H25FN6O. The fourth-order valence-electron chi connectivity index (χ4n) is 4.51. The molecule has 1 fully saturated rings. The van der Waals surface area contributed by atoms with Crippen LogP contribution in [0.5, 0.6) is 0 Å². The van der Waals surface area contributed by atoms with E-state index >= 15 is 0 Å². The molecule has 2 aromatic carbocycles. The molecule has 0 bridgehead atoms. The monoisotopic (exact) mass is 504 g/mol. The van der Waals surface area contributed by atoms with Gasteiger partial charge in [0.25, 0.3) is 0 Å². The molecule has 1 aliphatic carbocycles. The molecule has 38 heavy (non-hydrogen) atoms. The molecule has 3 heterocycles. The maximum atomic E-state index is 14.5. The van der Waals surface area contributed by atoms with Crippen molar-refractivity contribution >= 4 is 34.0 Å². The number of rotatable bonds is 7. The predicted octanol–water partition coefficient (Wildman–Crippen LogP) is 6.57. The quantitative estimate of drug-likeness (QED) is 0.233. The predicted molar refractivity (Wildman–Crippen MR) is 148 cm³/mol. The first-order valence-electron chi connectivity index (χ1n) is 12.4. The highest BCUT2D eigenvalue weighted by Gasteiger charge is 2.29. The zero-order valence-electron chi connectivity index (χ0n) is 20.8. The fourth-order valence-corrected chi connectivity index (χ4v) is 4.51. The molecular weight excluding hydrogens is 479 g/mol. The lowest BCUT2D eigenvalue weighted by molar-refractivity contribution is -0.117. The molecule has 0 spiro atoms. The van der Waals surface area contributed by atoms with E-state index in [2.05, 4.69) is 37.4 Å². The van der Waals surface area contributed by atoms with Crippen molar-refractivity contribution in [2.75, 3.05) is 10.6 Å². The average Bonchev–Trinajstić information content (AvgIpc) is 3.69. The highest BCUT2D eigenvalue weighted by Crippen LogP contribution is 2.34. The van der Waals surface area contributed by atoms with Gasteiger partial charge in [0.15, 0.2) is 5.65 Å². The van der Waals surface area contributed by atoms with Gasteiger partial charge in [-0.1, -0.05) is 36.9 Å². The lowest BCUT2D eigenvalue weighted by Gasteiger charge is -2.15. The largest absolute Gasteiger partial charge is 0.354 e. The Bertz CT molecular complexity index is 1700. The molecule has 1 saturated carbocycles. The molecule has 7 nitrogen and oxygen atoms in total. The summed E-state index contributed by atoms with van der Waals surface area (Å²) in [5.41, 5.74) is 7.22. The Kier molecular flexibility index (Phi) is 5.92. The number of nitrogens with zero attached hydrogens (tertiary/aromatic N) is 3. The molecule has 0 aliphatic heterocycles. The van der Waals surface area contributed by atoms with Crippen LogP contribution >= 0.6 is 0 Å². The number of H-pyrrole nitrogens is 1. The van der Waals surface area contributed by atoms with Gasteiger partial charge >= 0.3 is 0 Å². The fraction of sp³-hybridized carbons (Fsp3) is 0.133. The van der Waals surface area contributed by atoms with Crippen LogP contribution in [0.25, 0.3) is 39.0 Å². The summed E-state index contributed by atoms with van der Waals surface area (Å²) in [7, 11) is 0. The van der Waals surface area contributed by atoms with E-state index in [0.717, 1.165) is 46.2 Å². The second-order valence-corrected chi connectivity index (χ2v) is 9.48. The molecule has 188 valence electrons. The van der Waals surface area contributed by atoms with Crippen molar-refractivity contribution in [3.8, 4) is 22.3 Å². The summed E-state index contributed by atoms with van der Waals surface area (Å²) in [4.78, 5) is 21.0. The van der Waals surface area contributed by atoms with Gasteiger partial charge < -0.3 is 10.6 Å². The van der Waals surface area contributed by atoms with E-state index in [1.165, 1.54) is 6.07 Å². The van der Waals surface area contributed by atoms with Gasteiger partial charge in [0.1, 0.15) is 5.82 Å². The van der Waals surface area contributed by atoms with Gasteiger partial charge in [-0.05, 0) is 55.2 Å². The lowest BCUT2D eigenvalue weighted by atomic mass is 9.98. The van der Waals surface area contributed by atoms with Gasteiger partial charge in [0.2, 0.25) is 5.91 Å². The summed E-state index contributed by atoms with van der Waals surface area (Å²) in [6.45, 7) is 6.18. The van der Waals surface area contributed by atoms with E-state index in [-0.39, 0.29) is 17.6 Å². The Morgan fingerprint density at radius 1 is 1.00 bits per heavy atom. The van der Waals surface area contributed by atoms with Crippen LogP contribution in [-0.4, -0.2) is 26.1 Å². The molecule has 6 rings (SSSR count). The van der Waals surface area contributed by atoms with Crippen LogP contribution in [0, 0.1) is 18.7 Å². The topological polar surface area (TPSA) is 95.6 Å². The number of carbonyl (C=O) groups excluding carboxylic acids is 1. The van der Waals surface area contributed by atoms with Crippen LogP contribution in [-0.2, 0) is 4.79 Å². The van der Waals surface area contributed by atoms with Gasteiger partial charge in [0, 0.05) is 46.1 Å². The van der Waals surface area contributed by atoms with E-state index in [9.17, 15) is 9.18 Å². The Morgan fingerprint density at radius 3 is 2.61 bits per heavy atom. The standard InChI is InChI=1S/C30H25FN6O/c1-17-23(24-6-3-4-8-26(24)31)7-5-9-27(17)34-18(2)28-25-13-21(15-33-29(25)37-36-28)20-12-22(16-32-14-20)35-30(38)19-10-11-19/h3-9,12-16,19,34H,2,10-11H2,1H3,(H,35,38)(H,33,36,37). The number of benzene rings is 2.